The highest BCUT2D eigenvalue weighted by atomic mass is 79.9. The molecule has 0 saturated carbocycles. The standard InChI is InChI=1S/C20H22BrClN2O4S/c21-18-13-15(22)5-10-19(18)28-14-20(25)23-16-6-8-17(9-7-16)29(26,27)24-11-3-1-2-4-12-24/h5-10,13H,1-4,11-12,14H2,(H,23,25). The Morgan fingerprint density at radius 3 is 2.34 bits per heavy atom. The van der Waals surface area contributed by atoms with Crippen LogP contribution in [0.1, 0.15) is 25.7 Å². The van der Waals surface area contributed by atoms with E-state index < -0.39 is 10.0 Å². The zero-order valence-corrected chi connectivity index (χ0v) is 18.9. The zero-order valence-electron chi connectivity index (χ0n) is 15.7. The maximum absolute atomic E-state index is 12.8. The van der Waals surface area contributed by atoms with E-state index in [2.05, 4.69) is 21.2 Å². The molecule has 0 bridgehead atoms. The monoisotopic (exact) mass is 500 g/mol. The van der Waals surface area contributed by atoms with Crippen molar-refractivity contribution in [3.05, 3.63) is 52.0 Å². The maximum Gasteiger partial charge on any atom is 0.262 e. The SMILES string of the molecule is O=C(COc1ccc(Cl)cc1Br)Nc1ccc(S(=O)(=O)N2CCCCCC2)cc1. The van der Waals surface area contributed by atoms with Gasteiger partial charge < -0.3 is 10.1 Å². The van der Waals surface area contributed by atoms with Gasteiger partial charge in [-0.1, -0.05) is 24.4 Å². The third-order valence-corrected chi connectivity index (χ3v) is 7.36. The third kappa shape index (κ3) is 5.94. The largest absolute Gasteiger partial charge is 0.483 e. The Hall–Kier alpha value is -1.61. The van der Waals surface area contributed by atoms with E-state index >= 15 is 0 Å². The molecular formula is C20H22BrClN2O4S. The fourth-order valence-corrected chi connectivity index (χ4v) is 5.39. The molecule has 0 atom stereocenters. The number of amides is 1. The summed E-state index contributed by atoms with van der Waals surface area (Å²) in [5.41, 5.74) is 0.503. The van der Waals surface area contributed by atoms with Crippen molar-refractivity contribution in [2.45, 2.75) is 30.6 Å². The summed E-state index contributed by atoms with van der Waals surface area (Å²) in [4.78, 5) is 12.4. The number of hydrogen-bond acceptors (Lipinski definition) is 4. The quantitative estimate of drug-likeness (QED) is 0.623. The number of nitrogens with one attached hydrogen (secondary N) is 1. The van der Waals surface area contributed by atoms with Crippen molar-refractivity contribution >= 4 is 49.1 Å². The molecule has 0 unspecified atom stereocenters. The van der Waals surface area contributed by atoms with Gasteiger partial charge in [-0.05, 0) is 71.2 Å². The van der Waals surface area contributed by atoms with Gasteiger partial charge in [0.2, 0.25) is 10.0 Å². The van der Waals surface area contributed by atoms with Crippen LogP contribution in [0, 0.1) is 0 Å². The molecule has 3 rings (SSSR count). The number of carbonyl (C=O) groups is 1. The molecule has 1 amide bonds. The second-order valence-electron chi connectivity index (χ2n) is 6.75. The summed E-state index contributed by atoms with van der Waals surface area (Å²) in [5, 5.41) is 3.26. The van der Waals surface area contributed by atoms with E-state index in [-0.39, 0.29) is 17.4 Å². The van der Waals surface area contributed by atoms with Crippen LogP contribution in [0.2, 0.25) is 5.02 Å². The van der Waals surface area contributed by atoms with Gasteiger partial charge in [0.25, 0.3) is 5.91 Å². The topological polar surface area (TPSA) is 75.7 Å². The van der Waals surface area contributed by atoms with E-state index in [0.29, 0.717) is 34.0 Å². The molecule has 29 heavy (non-hydrogen) atoms. The van der Waals surface area contributed by atoms with E-state index in [1.807, 2.05) is 0 Å². The summed E-state index contributed by atoms with van der Waals surface area (Å²) >= 11 is 9.20. The first kappa shape index (κ1) is 22.1. The lowest BCUT2D eigenvalue weighted by atomic mass is 10.2. The average molecular weight is 502 g/mol. The lowest BCUT2D eigenvalue weighted by Crippen LogP contribution is -2.31. The first-order valence-electron chi connectivity index (χ1n) is 9.34. The smallest absolute Gasteiger partial charge is 0.262 e. The number of hydrogen-bond donors (Lipinski definition) is 1. The van der Waals surface area contributed by atoms with Gasteiger partial charge in [0.1, 0.15) is 5.75 Å². The lowest BCUT2D eigenvalue weighted by molar-refractivity contribution is -0.118. The zero-order chi connectivity index (χ0) is 20.9. The number of nitrogens with zero attached hydrogens (tertiary/aromatic N) is 1. The molecule has 1 N–H and O–H groups in total. The molecular weight excluding hydrogens is 480 g/mol. The molecule has 1 fully saturated rings. The van der Waals surface area contributed by atoms with E-state index in [9.17, 15) is 13.2 Å². The molecule has 2 aromatic carbocycles. The van der Waals surface area contributed by atoms with Crippen LogP contribution in [0.4, 0.5) is 5.69 Å². The van der Waals surface area contributed by atoms with Crippen LogP contribution >= 0.6 is 27.5 Å². The normalized spacial score (nSPS) is 15.5. The van der Waals surface area contributed by atoms with E-state index in [1.54, 1.807) is 34.6 Å². The molecule has 2 aromatic rings. The minimum atomic E-state index is -3.51. The second-order valence-corrected chi connectivity index (χ2v) is 9.98. The van der Waals surface area contributed by atoms with Gasteiger partial charge in [-0.25, -0.2) is 8.42 Å². The van der Waals surface area contributed by atoms with Gasteiger partial charge in [-0.15, -0.1) is 0 Å². The fraction of sp³-hybridized carbons (Fsp3) is 0.350. The average Bonchev–Trinajstić information content (AvgIpc) is 2.98. The summed E-state index contributed by atoms with van der Waals surface area (Å²) in [6.07, 6.45) is 3.89. The van der Waals surface area contributed by atoms with Gasteiger partial charge in [-0.2, -0.15) is 4.31 Å². The number of benzene rings is 2. The number of sulfonamides is 1. The Labute approximate surface area is 184 Å². The molecule has 156 valence electrons. The van der Waals surface area contributed by atoms with E-state index in [4.69, 9.17) is 16.3 Å². The van der Waals surface area contributed by atoms with Crippen molar-refractivity contribution in [1.82, 2.24) is 4.31 Å². The van der Waals surface area contributed by atoms with E-state index in [0.717, 1.165) is 25.7 Å². The Morgan fingerprint density at radius 1 is 1.07 bits per heavy atom. The van der Waals surface area contributed by atoms with Gasteiger partial charge in [0, 0.05) is 23.8 Å². The van der Waals surface area contributed by atoms with Crippen LogP contribution in [0.25, 0.3) is 0 Å². The Morgan fingerprint density at radius 2 is 1.72 bits per heavy atom. The Balaban J connectivity index is 1.58. The van der Waals surface area contributed by atoms with Crippen molar-refractivity contribution in [3.63, 3.8) is 0 Å². The summed E-state index contributed by atoms with van der Waals surface area (Å²) in [7, 11) is -3.51. The molecule has 1 aliphatic heterocycles. The van der Waals surface area contributed by atoms with Crippen LogP contribution < -0.4 is 10.1 Å². The predicted molar refractivity (Wildman–Crippen MR) is 117 cm³/mol. The first-order valence-corrected chi connectivity index (χ1v) is 12.0. The molecule has 1 aliphatic rings. The minimum Gasteiger partial charge on any atom is -0.483 e. The fourth-order valence-electron chi connectivity index (χ4n) is 3.07. The number of rotatable bonds is 6. The highest BCUT2D eigenvalue weighted by Crippen LogP contribution is 2.28. The molecule has 1 heterocycles. The predicted octanol–water partition coefficient (Wildman–Crippen LogP) is 4.68. The summed E-state index contributed by atoms with van der Waals surface area (Å²) < 4.78 is 33.3. The number of anilines is 1. The second kappa shape index (κ2) is 9.93. The third-order valence-electron chi connectivity index (χ3n) is 4.59. The van der Waals surface area contributed by atoms with Crippen molar-refractivity contribution in [2.24, 2.45) is 0 Å². The van der Waals surface area contributed by atoms with Crippen LogP contribution in [-0.2, 0) is 14.8 Å². The summed E-state index contributed by atoms with van der Waals surface area (Å²) in [5.74, 6) is 0.151. The molecule has 0 aliphatic carbocycles. The molecule has 0 aromatic heterocycles. The molecule has 9 heteroatoms. The van der Waals surface area contributed by atoms with Gasteiger partial charge in [0.15, 0.2) is 6.61 Å². The van der Waals surface area contributed by atoms with Crippen LogP contribution in [-0.4, -0.2) is 38.3 Å². The number of ether oxygens (including phenoxy) is 1. The van der Waals surface area contributed by atoms with Gasteiger partial charge in [0.05, 0.1) is 9.37 Å². The van der Waals surface area contributed by atoms with Crippen molar-refractivity contribution in [1.29, 1.82) is 0 Å². The van der Waals surface area contributed by atoms with Gasteiger partial charge in [-0.3, -0.25) is 4.79 Å². The van der Waals surface area contributed by atoms with E-state index in [1.165, 1.54) is 12.1 Å². The summed E-state index contributed by atoms with van der Waals surface area (Å²) in [6.45, 7) is 0.922. The number of halogens is 2. The first-order chi connectivity index (χ1) is 13.9. The van der Waals surface area contributed by atoms with Crippen LogP contribution in [0.3, 0.4) is 0 Å². The number of carbonyl (C=O) groups excluding carboxylic acids is 1. The van der Waals surface area contributed by atoms with Crippen molar-refractivity contribution < 1.29 is 17.9 Å². The highest BCUT2D eigenvalue weighted by Gasteiger charge is 2.25. The summed E-state index contributed by atoms with van der Waals surface area (Å²) in [6, 6.07) is 11.2. The lowest BCUT2D eigenvalue weighted by Gasteiger charge is -2.20. The minimum absolute atomic E-state index is 0.186. The Kier molecular flexibility index (Phi) is 7.56. The molecule has 0 spiro atoms. The van der Waals surface area contributed by atoms with Crippen molar-refractivity contribution in [3.8, 4) is 5.75 Å². The molecule has 0 radical (unpaired) electrons. The molecule has 6 nitrogen and oxygen atoms in total. The van der Waals surface area contributed by atoms with Crippen LogP contribution in [0.5, 0.6) is 5.75 Å². The Bertz CT molecular complexity index is 959. The van der Waals surface area contributed by atoms with Crippen LogP contribution in [0.15, 0.2) is 51.8 Å². The maximum atomic E-state index is 12.8. The van der Waals surface area contributed by atoms with Crippen molar-refractivity contribution in [2.75, 3.05) is 25.0 Å². The highest BCUT2D eigenvalue weighted by molar-refractivity contribution is 9.10. The van der Waals surface area contributed by atoms with Gasteiger partial charge >= 0.3 is 0 Å². The molecule has 1 saturated heterocycles.